The van der Waals surface area contributed by atoms with E-state index in [2.05, 4.69) is 10.3 Å². The first-order chi connectivity index (χ1) is 4.47. The molecule has 0 atom stereocenters. The van der Waals surface area contributed by atoms with Crippen molar-refractivity contribution in [2.45, 2.75) is 5.92 Å². The van der Waals surface area contributed by atoms with Crippen LogP contribution < -0.4 is 5.32 Å². The summed E-state index contributed by atoms with van der Waals surface area (Å²) in [4.78, 5) is 4.03. The molecule has 0 unspecified atom stereocenters. The largest absolute Gasteiger partial charge is 0.449 e. The van der Waals surface area contributed by atoms with E-state index in [1.165, 1.54) is 0 Å². The number of oxazole rings is 1. The molecule has 2 heterocycles. The zero-order valence-electron chi connectivity index (χ0n) is 5.41. The summed E-state index contributed by atoms with van der Waals surface area (Å²) in [5, 5.41) is 3.15. The van der Waals surface area contributed by atoms with Crippen LogP contribution in [-0.4, -0.2) is 18.1 Å². The van der Waals surface area contributed by atoms with Crippen LogP contribution in [-0.2, 0) is 0 Å². The maximum Gasteiger partial charge on any atom is 0.199 e. The molecule has 10 heavy (non-hydrogen) atoms. The summed E-state index contributed by atoms with van der Waals surface area (Å²) >= 11 is 0. The van der Waals surface area contributed by atoms with Gasteiger partial charge < -0.3 is 9.73 Å². The van der Waals surface area contributed by atoms with Gasteiger partial charge in [-0.15, -0.1) is 12.4 Å². The number of hydrogen-bond acceptors (Lipinski definition) is 3. The minimum atomic E-state index is 0. The van der Waals surface area contributed by atoms with Crippen molar-refractivity contribution in [1.82, 2.24) is 10.3 Å². The lowest BCUT2D eigenvalue weighted by Gasteiger charge is -2.23. The van der Waals surface area contributed by atoms with E-state index in [9.17, 15) is 0 Å². The Balaban J connectivity index is 0.000000500. The first-order valence-corrected chi connectivity index (χ1v) is 3.07. The molecule has 0 amide bonds. The maximum atomic E-state index is 5.09. The van der Waals surface area contributed by atoms with Gasteiger partial charge in [-0.2, -0.15) is 0 Å². The molecule has 1 N–H and O–H groups in total. The Hall–Kier alpha value is -0.540. The van der Waals surface area contributed by atoms with Crippen molar-refractivity contribution in [3.8, 4) is 0 Å². The Morgan fingerprint density at radius 2 is 2.40 bits per heavy atom. The highest BCUT2D eigenvalue weighted by atomic mass is 35.5. The second-order valence-electron chi connectivity index (χ2n) is 2.23. The number of rotatable bonds is 1. The zero-order valence-corrected chi connectivity index (χ0v) is 6.23. The monoisotopic (exact) mass is 160 g/mol. The van der Waals surface area contributed by atoms with Crippen molar-refractivity contribution < 1.29 is 4.42 Å². The van der Waals surface area contributed by atoms with E-state index in [4.69, 9.17) is 4.42 Å². The highest BCUT2D eigenvalue weighted by Gasteiger charge is 2.22. The summed E-state index contributed by atoms with van der Waals surface area (Å²) in [6.45, 7) is 2.03. The van der Waals surface area contributed by atoms with Gasteiger partial charge in [-0.3, -0.25) is 0 Å². The Labute approximate surface area is 65.2 Å². The Kier molecular flexibility index (Phi) is 2.29. The van der Waals surface area contributed by atoms with Gasteiger partial charge in [0.1, 0.15) is 6.26 Å². The summed E-state index contributed by atoms with van der Waals surface area (Å²) in [7, 11) is 0. The van der Waals surface area contributed by atoms with Gasteiger partial charge in [0, 0.05) is 13.1 Å². The second-order valence-corrected chi connectivity index (χ2v) is 2.23. The standard InChI is InChI=1S/C6H8N2O.ClH/c1-2-9-6(8-1)5-3-7-4-5;/h1-2,5,7H,3-4H2;1H. The fourth-order valence-electron chi connectivity index (χ4n) is 0.899. The predicted molar refractivity (Wildman–Crippen MR) is 39.4 cm³/mol. The van der Waals surface area contributed by atoms with Gasteiger partial charge in [-0.1, -0.05) is 0 Å². The van der Waals surface area contributed by atoms with Crippen LogP contribution in [0.3, 0.4) is 0 Å². The smallest absolute Gasteiger partial charge is 0.199 e. The van der Waals surface area contributed by atoms with Crippen LogP contribution in [0.4, 0.5) is 0 Å². The fraction of sp³-hybridized carbons (Fsp3) is 0.500. The first kappa shape index (κ1) is 7.57. The number of aromatic nitrogens is 1. The van der Waals surface area contributed by atoms with Gasteiger partial charge in [0.05, 0.1) is 12.1 Å². The summed E-state index contributed by atoms with van der Waals surface area (Å²) in [5.74, 6) is 1.40. The van der Waals surface area contributed by atoms with E-state index in [1.54, 1.807) is 12.5 Å². The van der Waals surface area contributed by atoms with Crippen LogP contribution in [0.25, 0.3) is 0 Å². The van der Waals surface area contributed by atoms with E-state index in [0.29, 0.717) is 5.92 Å². The summed E-state index contributed by atoms with van der Waals surface area (Å²) in [5.41, 5.74) is 0. The molecule has 1 fully saturated rings. The third kappa shape index (κ3) is 1.15. The van der Waals surface area contributed by atoms with Crippen LogP contribution in [0.2, 0.25) is 0 Å². The Morgan fingerprint density at radius 1 is 1.60 bits per heavy atom. The maximum absolute atomic E-state index is 5.09. The SMILES string of the molecule is Cl.c1coc(C2CNC2)n1. The summed E-state index contributed by atoms with van der Waals surface area (Å²) in [6, 6.07) is 0. The molecule has 1 saturated heterocycles. The third-order valence-corrected chi connectivity index (χ3v) is 1.58. The third-order valence-electron chi connectivity index (χ3n) is 1.58. The van der Waals surface area contributed by atoms with E-state index < -0.39 is 0 Å². The van der Waals surface area contributed by atoms with E-state index in [1.807, 2.05) is 0 Å². The number of nitrogens with zero attached hydrogens (tertiary/aromatic N) is 1. The quantitative estimate of drug-likeness (QED) is 0.660. The minimum absolute atomic E-state index is 0. The normalized spacial score (nSPS) is 17.6. The molecule has 1 aromatic heterocycles. The molecule has 3 nitrogen and oxygen atoms in total. The highest BCUT2D eigenvalue weighted by Crippen LogP contribution is 2.16. The zero-order chi connectivity index (χ0) is 6.10. The van der Waals surface area contributed by atoms with E-state index in [0.717, 1.165) is 19.0 Å². The van der Waals surface area contributed by atoms with Gasteiger partial charge in [0.25, 0.3) is 0 Å². The van der Waals surface area contributed by atoms with Crippen LogP contribution in [0.1, 0.15) is 11.8 Å². The molecule has 0 aliphatic carbocycles. The van der Waals surface area contributed by atoms with Crippen LogP contribution in [0, 0.1) is 0 Å². The molecule has 1 aromatic rings. The van der Waals surface area contributed by atoms with Gasteiger partial charge in [0.2, 0.25) is 0 Å². The molecule has 56 valence electrons. The van der Waals surface area contributed by atoms with Gasteiger partial charge in [-0.25, -0.2) is 4.98 Å². The molecule has 1 aliphatic heterocycles. The Bertz CT molecular complexity index is 184. The molecular weight excluding hydrogens is 152 g/mol. The molecular formula is C6H9ClN2O. The molecule has 0 saturated carbocycles. The molecule has 0 spiro atoms. The molecule has 0 bridgehead atoms. The van der Waals surface area contributed by atoms with Crippen molar-refractivity contribution in [1.29, 1.82) is 0 Å². The van der Waals surface area contributed by atoms with Crippen molar-refractivity contribution >= 4 is 12.4 Å². The van der Waals surface area contributed by atoms with Crippen molar-refractivity contribution in [2.75, 3.05) is 13.1 Å². The lowest BCUT2D eigenvalue weighted by Crippen LogP contribution is -2.39. The first-order valence-electron chi connectivity index (χ1n) is 3.07. The van der Waals surface area contributed by atoms with Gasteiger partial charge >= 0.3 is 0 Å². The average molecular weight is 161 g/mol. The lowest BCUT2D eigenvalue weighted by molar-refractivity contribution is 0.357. The number of hydrogen-bond donors (Lipinski definition) is 1. The van der Waals surface area contributed by atoms with Gasteiger partial charge in [0.15, 0.2) is 5.89 Å². The molecule has 0 radical (unpaired) electrons. The molecule has 4 heteroatoms. The highest BCUT2D eigenvalue weighted by molar-refractivity contribution is 5.85. The average Bonchev–Trinajstić information content (AvgIpc) is 2.11. The number of nitrogens with one attached hydrogen (secondary N) is 1. The van der Waals surface area contributed by atoms with Crippen LogP contribution >= 0.6 is 12.4 Å². The van der Waals surface area contributed by atoms with Crippen molar-refractivity contribution in [3.05, 3.63) is 18.4 Å². The molecule has 0 aromatic carbocycles. The topological polar surface area (TPSA) is 38.1 Å². The van der Waals surface area contributed by atoms with Crippen LogP contribution in [0.15, 0.2) is 16.9 Å². The number of halogens is 1. The Morgan fingerprint density at radius 3 is 2.80 bits per heavy atom. The minimum Gasteiger partial charge on any atom is -0.449 e. The van der Waals surface area contributed by atoms with Gasteiger partial charge in [-0.05, 0) is 0 Å². The van der Waals surface area contributed by atoms with Crippen LogP contribution in [0.5, 0.6) is 0 Å². The summed E-state index contributed by atoms with van der Waals surface area (Å²) in [6.07, 6.45) is 3.31. The van der Waals surface area contributed by atoms with Crippen molar-refractivity contribution in [3.63, 3.8) is 0 Å². The van der Waals surface area contributed by atoms with E-state index >= 15 is 0 Å². The molecule has 2 rings (SSSR count). The lowest BCUT2D eigenvalue weighted by atomic mass is 10.0. The predicted octanol–water partition coefficient (Wildman–Crippen LogP) is 0.783. The summed E-state index contributed by atoms with van der Waals surface area (Å²) < 4.78 is 5.09. The van der Waals surface area contributed by atoms with E-state index in [-0.39, 0.29) is 12.4 Å². The van der Waals surface area contributed by atoms with Crippen molar-refractivity contribution in [2.24, 2.45) is 0 Å². The second kappa shape index (κ2) is 3.03. The fourth-order valence-corrected chi connectivity index (χ4v) is 0.899. The molecule has 1 aliphatic rings.